The maximum Gasteiger partial charge on any atom is 0.343 e. The van der Waals surface area contributed by atoms with E-state index in [0.717, 1.165) is 16.7 Å². The van der Waals surface area contributed by atoms with Gasteiger partial charge in [0.25, 0.3) is 11.1 Å². The van der Waals surface area contributed by atoms with Crippen molar-refractivity contribution in [2.75, 3.05) is 27.4 Å². The molecule has 1 saturated heterocycles. The summed E-state index contributed by atoms with van der Waals surface area (Å²) < 4.78 is 20.7. The molecule has 0 bridgehead atoms. The maximum absolute atomic E-state index is 12.6. The maximum atomic E-state index is 12.6. The Morgan fingerprint density at radius 2 is 1.90 bits per heavy atom. The molecule has 9 nitrogen and oxygen atoms in total. The van der Waals surface area contributed by atoms with Crippen LogP contribution < -0.4 is 9.47 Å². The number of esters is 2. The molecule has 0 saturated carbocycles. The summed E-state index contributed by atoms with van der Waals surface area (Å²) in [5.74, 6) is -1.20. The van der Waals surface area contributed by atoms with Crippen molar-refractivity contribution in [3.8, 4) is 11.5 Å². The van der Waals surface area contributed by atoms with Crippen molar-refractivity contribution in [2.24, 2.45) is 0 Å². The Balaban J connectivity index is 2.34. The van der Waals surface area contributed by atoms with Crippen LogP contribution in [-0.2, 0) is 23.9 Å². The van der Waals surface area contributed by atoms with E-state index in [1.807, 2.05) is 0 Å². The van der Waals surface area contributed by atoms with Crippen LogP contribution in [0.15, 0.2) is 21.5 Å². The standard InChI is InChI=1S/C19H20BrNO8S/c1-5-28-13-7-11(6-12(20)16(13)29-9-15(22)26-3)8-14-17(23)21(19(25)30-14)10(2)18(24)27-4/h6-8,10H,5,9H2,1-4H3/b14-8+/t10-/m0/s1. The van der Waals surface area contributed by atoms with Crippen molar-refractivity contribution in [3.05, 3.63) is 27.1 Å². The summed E-state index contributed by atoms with van der Waals surface area (Å²) in [6, 6.07) is 2.22. The predicted molar refractivity (Wildman–Crippen MR) is 112 cm³/mol. The van der Waals surface area contributed by atoms with Crippen LogP contribution >= 0.6 is 27.7 Å². The lowest BCUT2D eigenvalue weighted by molar-refractivity contribution is -0.148. The Bertz CT molecular complexity index is 901. The molecule has 1 aromatic rings. The number of ether oxygens (including phenoxy) is 4. The quantitative estimate of drug-likeness (QED) is 0.392. The van der Waals surface area contributed by atoms with Crippen molar-refractivity contribution in [1.29, 1.82) is 0 Å². The van der Waals surface area contributed by atoms with Crippen molar-refractivity contribution >= 4 is 56.9 Å². The van der Waals surface area contributed by atoms with Crippen LogP contribution in [0.5, 0.6) is 11.5 Å². The van der Waals surface area contributed by atoms with Crippen LogP contribution in [0.3, 0.4) is 0 Å². The Morgan fingerprint density at radius 1 is 1.20 bits per heavy atom. The number of methoxy groups -OCH3 is 2. The van der Waals surface area contributed by atoms with Crippen molar-refractivity contribution < 1.29 is 38.1 Å². The molecule has 0 aromatic heterocycles. The Morgan fingerprint density at radius 3 is 2.50 bits per heavy atom. The van der Waals surface area contributed by atoms with Crippen LogP contribution in [0.25, 0.3) is 6.08 Å². The van der Waals surface area contributed by atoms with Gasteiger partial charge >= 0.3 is 11.9 Å². The van der Waals surface area contributed by atoms with E-state index in [-0.39, 0.29) is 11.5 Å². The summed E-state index contributed by atoms with van der Waals surface area (Å²) >= 11 is 4.08. The summed E-state index contributed by atoms with van der Waals surface area (Å²) in [6.07, 6.45) is 1.51. The normalized spacial score (nSPS) is 15.9. The highest BCUT2D eigenvalue weighted by Crippen LogP contribution is 2.39. The molecule has 30 heavy (non-hydrogen) atoms. The van der Waals surface area contributed by atoms with Gasteiger partial charge in [0.05, 0.1) is 30.2 Å². The van der Waals surface area contributed by atoms with E-state index in [1.54, 1.807) is 19.1 Å². The molecule has 0 aliphatic carbocycles. The zero-order valence-corrected chi connectivity index (χ0v) is 19.1. The molecule has 162 valence electrons. The number of carbonyl (C=O) groups is 4. The van der Waals surface area contributed by atoms with E-state index in [4.69, 9.17) is 9.47 Å². The first-order valence-electron chi connectivity index (χ1n) is 8.74. The van der Waals surface area contributed by atoms with Gasteiger partial charge in [0.1, 0.15) is 6.04 Å². The molecule has 0 N–H and O–H groups in total. The Hall–Kier alpha value is -2.53. The molecular formula is C19H20BrNO8S. The molecule has 1 aliphatic rings. The summed E-state index contributed by atoms with van der Waals surface area (Å²) in [5, 5.41) is -0.564. The first-order chi connectivity index (χ1) is 14.2. The third-order valence-corrected chi connectivity index (χ3v) is 5.42. The van der Waals surface area contributed by atoms with E-state index >= 15 is 0 Å². The second-order valence-corrected chi connectivity index (χ2v) is 7.73. The van der Waals surface area contributed by atoms with Crippen molar-refractivity contribution in [2.45, 2.75) is 19.9 Å². The third kappa shape index (κ3) is 5.33. The largest absolute Gasteiger partial charge is 0.490 e. The smallest absolute Gasteiger partial charge is 0.343 e. The number of thioether (sulfide) groups is 1. The van der Waals surface area contributed by atoms with Crippen LogP contribution in [0.2, 0.25) is 0 Å². The van der Waals surface area contributed by atoms with Gasteiger partial charge in [-0.3, -0.25) is 14.5 Å². The molecule has 11 heteroatoms. The Labute approximate surface area is 185 Å². The molecule has 2 amide bonds. The van der Waals surface area contributed by atoms with E-state index in [2.05, 4.69) is 25.4 Å². The fourth-order valence-electron chi connectivity index (χ4n) is 2.51. The van der Waals surface area contributed by atoms with Gasteiger partial charge in [-0.2, -0.15) is 0 Å². The minimum Gasteiger partial charge on any atom is -0.490 e. The zero-order chi connectivity index (χ0) is 22.4. The first kappa shape index (κ1) is 23.7. The number of rotatable bonds is 8. The number of amides is 2. The van der Waals surface area contributed by atoms with Gasteiger partial charge in [0.2, 0.25) is 0 Å². The number of carbonyl (C=O) groups excluding carboxylic acids is 4. The van der Waals surface area contributed by atoms with Crippen LogP contribution in [0.4, 0.5) is 4.79 Å². The number of benzene rings is 1. The van der Waals surface area contributed by atoms with Crippen molar-refractivity contribution in [3.63, 3.8) is 0 Å². The summed E-state index contributed by atoms with van der Waals surface area (Å²) in [7, 11) is 2.44. The molecule has 1 aromatic carbocycles. The van der Waals surface area contributed by atoms with E-state index < -0.39 is 29.1 Å². The summed E-state index contributed by atoms with van der Waals surface area (Å²) in [4.78, 5) is 49.0. The lowest BCUT2D eigenvalue weighted by atomic mass is 10.1. The highest BCUT2D eigenvalue weighted by Gasteiger charge is 2.41. The molecular weight excluding hydrogens is 482 g/mol. The van der Waals surface area contributed by atoms with Crippen molar-refractivity contribution in [1.82, 2.24) is 4.90 Å². The van der Waals surface area contributed by atoms with Gasteiger partial charge in [-0.15, -0.1) is 0 Å². The number of hydrogen-bond acceptors (Lipinski definition) is 9. The number of hydrogen-bond donors (Lipinski definition) is 0. The highest BCUT2D eigenvalue weighted by molar-refractivity contribution is 9.10. The van der Waals surface area contributed by atoms with E-state index in [1.165, 1.54) is 27.2 Å². The van der Waals surface area contributed by atoms with Gasteiger partial charge in [0.15, 0.2) is 18.1 Å². The van der Waals surface area contributed by atoms with Crippen LogP contribution in [0.1, 0.15) is 19.4 Å². The second-order valence-electron chi connectivity index (χ2n) is 5.88. The lowest BCUT2D eigenvalue weighted by Crippen LogP contribution is -2.42. The molecule has 2 rings (SSSR count). The fraction of sp³-hybridized carbons (Fsp3) is 0.368. The van der Waals surface area contributed by atoms with Gasteiger partial charge in [0, 0.05) is 0 Å². The van der Waals surface area contributed by atoms with Gasteiger partial charge in [-0.25, -0.2) is 9.59 Å². The topological polar surface area (TPSA) is 108 Å². The lowest BCUT2D eigenvalue weighted by Gasteiger charge is -2.18. The molecule has 1 fully saturated rings. The minimum atomic E-state index is -1.03. The van der Waals surface area contributed by atoms with E-state index in [9.17, 15) is 19.2 Å². The molecule has 1 aliphatic heterocycles. The SMILES string of the molecule is CCOc1cc(/C=C2/SC(=O)N([C@@H](C)C(=O)OC)C2=O)cc(Br)c1OCC(=O)OC. The summed E-state index contributed by atoms with van der Waals surface area (Å²) in [6.45, 7) is 3.23. The van der Waals surface area contributed by atoms with Crippen LogP contribution in [-0.4, -0.2) is 61.5 Å². The molecule has 0 radical (unpaired) electrons. The third-order valence-electron chi connectivity index (χ3n) is 3.94. The van der Waals surface area contributed by atoms with Crippen LogP contribution in [0, 0.1) is 0 Å². The Kier molecular flexibility index (Phi) is 8.30. The number of imide groups is 1. The first-order valence-corrected chi connectivity index (χ1v) is 10.3. The number of halogens is 1. The molecule has 1 atom stereocenters. The molecule has 1 heterocycles. The fourth-order valence-corrected chi connectivity index (χ4v) is 3.99. The second kappa shape index (κ2) is 10.5. The highest BCUT2D eigenvalue weighted by atomic mass is 79.9. The summed E-state index contributed by atoms with van der Waals surface area (Å²) in [5.41, 5.74) is 0.548. The number of nitrogens with zero attached hydrogens (tertiary/aromatic N) is 1. The monoisotopic (exact) mass is 501 g/mol. The molecule has 0 unspecified atom stereocenters. The minimum absolute atomic E-state index is 0.147. The predicted octanol–water partition coefficient (Wildman–Crippen LogP) is 3.00. The zero-order valence-electron chi connectivity index (χ0n) is 16.7. The average Bonchev–Trinajstić information content (AvgIpc) is 2.99. The van der Waals surface area contributed by atoms with Gasteiger partial charge < -0.3 is 18.9 Å². The average molecular weight is 502 g/mol. The van der Waals surface area contributed by atoms with Gasteiger partial charge in [-0.05, 0) is 65.3 Å². The van der Waals surface area contributed by atoms with Gasteiger partial charge in [-0.1, -0.05) is 0 Å². The van der Waals surface area contributed by atoms with E-state index in [0.29, 0.717) is 28.1 Å². The molecule has 0 spiro atoms.